The van der Waals surface area contributed by atoms with Crippen molar-refractivity contribution in [1.29, 1.82) is 0 Å². The van der Waals surface area contributed by atoms with E-state index in [1.807, 2.05) is 11.7 Å². The highest BCUT2D eigenvalue weighted by atomic mass is 32.1. The molecule has 0 amide bonds. The molecule has 1 unspecified atom stereocenters. The van der Waals surface area contributed by atoms with Crippen molar-refractivity contribution in [2.45, 2.75) is 38.8 Å². The molecular weight excluding hydrogens is 280 g/mol. The van der Waals surface area contributed by atoms with E-state index in [1.54, 1.807) is 11.3 Å². The molecule has 2 aromatic heterocycles. The Labute approximate surface area is 131 Å². The van der Waals surface area contributed by atoms with E-state index in [-0.39, 0.29) is 11.5 Å². The van der Waals surface area contributed by atoms with Crippen molar-refractivity contribution in [2.24, 2.45) is 12.8 Å². The van der Waals surface area contributed by atoms with Gasteiger partial charge in [-0.3, -0.25) is 9.58 Å². The number of aryl methyl sites for hydroxylation is 1. The van der Waals surface area contributed by atoms with Crippen molar-refractivity contribution in [3.8, 4) is 0 Å². The molecule has 0 aromatic carbocycles. The van der Waals surface area contributed by atoms with E-state index in [0.717, 1.165) is 12.2 Å². The van der Waals surface area contributed by atoms with E-state index in [9.17, 15) is 0 Å². The molecule has 2 N–H and O–H groups in total. The number of thiophene rings is 1. The average Bonchev–Trinajstić information content (AvgIpc) is 2.99. The molecule has 1 atom stereocenters. The van der Waals surface area contributed by atoms with Crippen molar-refractivity contribution in [3.05, 3.63) is 39.8 Å². The molecule has 0 radical (unpaired) electrons. The van der Waals surface area contributed by atoms with Crippen LogP contribution < -0.4 is 5.73 Å². The molecule has 0 aliphatic carbocycles. The van der Waals surface area contributed by atoms with Gasteiger partial charge in [-0.1, -0.05) is 26.8 Å². The first kappa shape index (κ1) is 16.2. The number of hydrogen-bond acceptors (Lipinski definition) is 4. The van der Waals surface area contributed by atoms with Crippen LogP contribution in [0.5, 0.6) is 0 Å². The van der Waals surface area contributed by atoms with Gasteiger partial charge in [0.15, 0.2) is 0 Å². The van der Waals surface area contributed by atoms with E-state index < -0.39 is 0 Å². The molecule has 0 fully saturated rings. The summed E-state index contributed by atoms with van der Waals surface area (Å²) < 4.78 is 1.90. The molecular formula is C16H26N4S. The first-order valence-electron chi connectivity index (χ1n) is 7.29. The summed E-state index contributed by atoms with van der Waals surface area (Å²) in [6.07, 6.45) is 2.11. The number of aromatic nitrogens is 2. The Kier molecular flexibility index (Phi) is 4.86. The van der Waals surface area contributed by atoms with Gasteiger partial charge in [0.05, 0.1) is 11.7 Å². The minimum atomic E-state index is 0.0216. The Morgan fingerprint density at radius 2 is 2.14 bits per heavy atom. The van der Waals surface area contributed by atoms with Gasteiger partial charge in [-0.05, 0) is 18.5 Å². The van der Waals surface area contributed by atoms with E-state index >= 15 is 0 Å². The molecule has 2 rings (SSSR count). The summed E-state index contributed by atoms with van der Waals surface area (Å²) >= 11 is 1.79. The monoisotopic (exact) mass is 306 g/mol. The molecule has 116 valence electrons. The molecule has 21 heavy (non-hydrogen) atoms. The van der Waals surface area contributed by atoms with Crippen molar-refractivity contribution in [2.75, 3.05) is 13.6 Å². The SMILES string of the molecule is CN(Cc1cccs1)C(CN)c1cn(C)nc1C(C)(C)C. The Bertz CT molecular complexity index is 566. The Morgan fingerprint density at radius 1 is 1.43 bits per heavy atom. The number of likely N-dealkylation sites (N-methyl/N-ethyl adjacent to an activating group) is 1. The van der Waals surface area contributed by atoms with Gasteiger partial charge in [0, 0.05) is 42.2 Å². The van der Waals surface area contributed by atoms with Crippen LogP contribution in [-0.4, -0.2) is 28.3 Å². The molecule has 0 spiro atoms. The number of nitrogens with zero attached hydrogens (tertiary/aromatic N) is 3. The van der Waals surface area contributed by atoms with Crippen molar-refractivity contribution in [3.63, 3.8) is 0 Å². The molecule has 0 bridgehead atoms. The van der Waals surface area contributed by atoms with Crippen LogP contribution in [0, 0.1) is 0 Å². The predicted octanol–water partition coefficient (Wildman–Crippen LogP) is 2.91. The molecule has 0 saturated heterocycles. The highest BCUT2D eigenvalue weighted by molar-refractivity contribution is 7.09. The van der Waals surface area contributed by atoms with Crippen LogP contribution in [-0.2, 0) is 19.0 Å². The molecule has 5 heteroatoms. The second-order valence-corrected chi connectivity index (χ2v) is 7.63. The number of hydrogen-bond donors (Lipinski definition) is 1. The summed E-state index contributed by atoms with van der Waals surface area (Å²) in [5, 5.41) is 6.78. The normalized spacial score (nSPS) is 13.9. The quantitative estimate of drug-likeness (QED) is 0.924. The summed E-state index contributed by atoms with van der Waals surface area (Å²) in [7, 11) is 4.11. The largest absolute Gasteiger partial charge is 0.329 e. The Morgan fingerprint density at radius 3 is 2.67 bits per heavy atom. The minimum absolute atomic E-state index is 0.0216. The van der Waals surface area contributed by atoms with Gasteiger partial charge in [-0.2, -0.15) is 5.10 Å². The standard InChI is InChI=1S/C16H26N4S/c1-16(2,3)15-13(11-20(5)18-15)14(9-17)19(4)10-12-7-6-8-21-12/h6-8,11,14H,9-10,17H2,1-5H3. The maximum absolute atomic E-state index is 6.08. The van der Waals surface area contributed by atoms with Gasteiger partial charge in [-0.25, -0.2) is 0 Å². The summed E-state index contributed by atoms with van der Waals surface area (Å²) in [5.41, 5.74) is 8.48. The van der Waals surface area contributed by atoms with E-state index in [1.165, 1.54) is 10.4 Å². The lowest BCUT2D eigenvalue weighted by Gasteiger charge is -2.29. The lowest BCUT2D eigenvalue weighted by molar-refractivity contribution is 0.241. The van der Waals surface area contributed by atoms with Crippen molar-refractivity contribution >= 4 is 11.3 Å². The van der Waals surface area contributed by atoms with Crippen LogP contribution in [0.2, 0.25) is 0 Å². The fraction of sp³-hybridized carbons (Fsp3) is 0.562. The topological polar surface area (TPSA) is 47.1 Å². The zero-order valence-electron chi connectivity index (χ0n) is 13.6. The fourth-order valence-electron chi connectivity index (χ4n) is 2.64. The van der Waals surface area contributed by atoms with Crippen LogP contribution in [0.1, 0.15) is 42.9 Å². The second-order valence-electron chi connectivity index (χ2n) is 6.60. The fourth-order valence-corrected chi connectivity index (χ4v) is 3.40. The zero-order chi connectivity index (χ0) is 15.6. The third-order valence-electron chi connectivity index (χ3n) is 3.67. The van der Waals surface area contributed by atoms with Crippen LogP contribution in [0.15, 0.2) is 23.7 Å². The van der Waals surface area contributed by atoms with Crippen molar-refractivity contribution in [1.82, 2.24) is 14.7 Å². The summed E-state index contributed by atoms with van der Waals surface area (Å²) in [6.45, 7) is 8.11. The predicted molar refractivity (Wildman–Crippen MR) is 89.5 cm³/mol. The molecule has 2 heterocycles. The van der Waals surface area contributed by atoms with Crippen LogP contribution in [0.3, 0.4) is 0 Å². The van der Waals surface area contributed by atoms with Gasteiger partial charge in [0.1, 0.15) is 0 Å². The van der Waals surface area contributed by atoms with Gasteiger partial charge < -0.3 is 5.73 Å². The highest BCUT2D eigenvalue weighted by Gasteiger charge is 2.28. The van der Waals surface area contributed by atoms with Gasteiger partial charge in [-0.15, -0.1) is 11.3 Å². The third-order valence-corrected chi connectivity index (χ3v) is 4.53. The molecule has 2 aromatic rings. The third kappa shape index (κ3) is 3.73. The second kappa shape index (κ2) is 6.30. The highest BCUT2D eigenvalue weighted by Crippen LogP contribution is 2.31. The van der Waals surface area contributed by atoms with E-state index in [4.69, 9.17) is 5.73 Å². The van der Waals surface area contributed by atoms with Gasteiger partial charge >= 0.3 is 0 Å². The molecule has 4 nitrogen and oxygen atoms in total. The zero-order valence-corrected chi connectivity index (χ0v) is 14.4. The smallest absolute Gasteiger partial charge is 0.0726 e. The minimum Gasteiger partial charge on any atom is -0.329 e. The number of rotatable bonds is 5. The first-order valence-corrected chi connectivity index (χ1v) is 8.17. The average molecular weight is 306 g/mol. The Balaban J connectivity index is 2.29. The van der Waals surface area contributed by atoms with E-state index in [0.29, 0.717) is 6.54 Å². The summed E-state index contributed by atoms with van der Waals surface area (Å²) in [4.78, 5) is 3.68. The number of nitrogens with two attached hydrogens (primary N) is 1. The summed E-state index contributed by atoms with van der Waals surface area (Å²) in [6, 6.07) is 4.45. The molecule has 0 saturated carbocycles. The molecule has 0 aliphatic heterocycles. The van der Waals surface area contributed by atoms with Gasteiger partial charge in [0.2, 0.25) is 0 Å². The van der Waals surface area contributed by atoms with Crippen LogP contribution >= 0.6 is 11.3 Å². The first-order chi connectivity index (χ1) is 9.82. The van der Waals surface area contributed by atoms with Crippen molar-refractivity contribution < 1.29 is 0 Å². The summed E-state index contributed by atoms with van der Waals surface area (Å²) in [5.74, 6) is 0. The molecule has 0 aliphatic rings. The lowest BCUT2D eigenvalue weighted by atomic mass is 9.87. The lowest BCUT2D eigenvalue weighted by Crippen LogP contribution is -2.31. The van der Waals surface area contributed by atoms with Gasteiger partial charge in [0.25, 0.3) is 0 Å². The van der Waals surface area contributed by atoms with E-state index in [2.05, 4.69) is 61.5 Å². The Hall–Kier alpha value is -1.17. The van der Waals surface area contributed by atoms with Crippen LogP contribution in [0.4, 0.5) is 0 Å². The maximum atomic E-state index is 6.08. The van der Waals surface area contributed by atoms with Crippen LogP contribution in [0.25, 0.3) is 0 Å². The maximum Gasteiger partial charge on any atom is 0.0726 e.